The largest absolute Gasteiger partial charge is 0.478 e. The summed E-state index contributed by atoms with van der Waals surface area (Å²) >= 11 is 0. The summed E-state index contributed by atoms with van der Waals surface area (Å²) in [7, 11) is 0. The van der Waals surface area contributed by atoms with Gasteiger partial charge in [-0.05, 0) is 68.9 Å². The van der Waals surface area contributed by atoms with E-state index in [1.54, 1.807) is 12.1 Å². The van der Waals surface area contributed by atoms with Gasteiger partial charge in [-0.3, -0.25) is 0 Å². The molecule has 1 aromatic carbocycles. The number of carboxylic acid groups (broad SMARTS) is 1. The summed E-state index contributed by atoms with van der Waals surface area (Å²) in [6, 6.07) is 7.09. The average Bonchev–Trinajstić information content (AvgIpc) is 2.51. The fourth-order valence-electron chi connectivity index (χ4n) is 3.07. The van der Waals surface area contributed by atoms with Gasteiger partial charge in [-0.15, -0.1) is 0 Å². The first-order chi connectivity index (χ1) is 10.6. The summed E-state index contributed by atoms with van der Waals surface area (Å²) in [5, 5.41) is 12.3. The predicted molar refractivity (Wildman–Crippen MR) is 89.2 cm³/mol. The maximum absolute atomic E-state index is 10.8. The number of hydrogen-bond donors (Lipinski definition) is 2. The van der Waals surface area contributed by atoms with Crippen molar-refractivity contribution in [3.63, 3.8) is 0 Å². The maximum Gasteiger partial charge on any atom is 0.335 e. The van der Waals surface area contributed by atoms with E-state index in [0.29, 0.717) is 5.56 Å². The van der Waals surface area contributed by atoms with Crippen LogP contribution in [0.4, 0.5) is 0 Å². The molecule has 0 aromatic heterocycles. The van der Waals surface area contributed by atoms with Crippen molar-refractivity contribution in [3.8, 4) is 0 Å². The summed E-state index contributed by atoms with van der Waals surface area (Å²) in [6.45, 7) is 7.93. The molecule has 0 saturated carbocycles. The quantitative estimate of drug-likeness (QED) is 0.725. The van der Waals surface area contributed by atoms with Crippen LogP contribution in [0.25, 0.3) is 0 Å². The number of carboxylic acids is 1. The van der Waals surface area contributed by atoms with Gasteiger partial charge in [0.1, 0.15) is 0 Å². The zero-order chi connectivity index (χ0) is 15.8. The van der Waals surface area contributed by atoms with Gasteiger partial charge >= 0.3 is 5.97 Å². The Morgan fingerprint density at radius 2 is 2.09 bits per heavy atom. The lowest BCUT2D eigenvalue weighted by atomic mass is 10.0. The number of nitrogens with one attached hydrogen (secondary N) is 1. The number of aromatic carboxylic acids is 1. The standard InChI is InChI=1S/C18H28N2O2/c1-15-5-4-12-20(14-15)11-3-2-10-19-13-16-6-8-17(9-7-16)18(21)22/h6-9,15,19H,2-5,10-14H2,1H3,(H,21,22). The molecule has 122 valence electrons. The van der Waals surface area contributed by atoms with Crippen LogP contribution < -0.4 is 5.32 Å². The number of unbranched alkanes of at least 4 members (excludes halogenated alkanes) is 1. The minimum absolute atomic E-state index is 0.347. The minimum atomic E-state index is -0.869. The third-order valence-corrected chi connectivity index (χ3v) is 4.35. The molecular weight excluding hydrogens is 276 g/mol. The highest BCUT2D eigenvalue weighted by molar-refractivity contribution is 5.87. The first-order valence-electron chi connectivity index (χ1n) is 8.40. The molecule has 0 radical (unpaired) electrons. The average molecular weight is 304 g/mol. The lowest BCUT2D eigenvalue weighted by Gasteiger charge is -2.30. The molecule has 1 aromatic rings. The third-order valence-electron chi connectivity index (χ3n) is 4.35. The van der Waals surface area contributed by atoms with Gasteiger partial charge in [0.25, 0.3) is 0 Å². The van der Waals surface area contributed by atoms with Crippen molar-refractivity contribution in [3.05, 3.63) is 35.4 Å². The topological polar surface area (TPSA) is 52.6 Å². The van der Waals surface area contributed by atoms with Gasteiger partial charge in [0.2, 0.25) is 0 Å². The zero-order valence-corrected chi connectivity index (χ0v) is 13.6. The highest BCUT2D eigenvalue weighted by atomic mass is 16.4. The van der Waals surface area contributed by atoms with E-state index in [1.165, 1.54) is 45.3 Å². The van der Waals surface area contributed by atoms with Crippen LogP contribution in [0.1, 0.15) is 48.5 Å². The Bertz CT molecular complexity index is 459. The molecule has 2 N–H and O–H groups in total. The molecule has 1 heterocycles. The molecule has 1 aliphatic rings. The maximum atomic E-state index is 10.8. The highest BCUT2D eigenvalue weighted by Crippen LogP contribution is 2.15. The van der Waals surface area contributed by atoms with Gasteiger partial charge in [-0.2, -0.15) is 0 Å². The van der Waals surface area contributed by atoms with Crippen molar-refractivity contribution in [1.29, 1.82) is 0 Å². The number of hydrogen-bond acceptors (Lipinski definition) is 3. The first kappa shape index (κ1) is 17.0. The fourth-order valence-corrected chi connectivity index (χ4v) is 3.07. The monoisotopic (exact) mass is 304 g/mol. The second-order valence-electron chi connectivity index (χ2n) is 6.43. The molecule has 0 amide bonds. The van der Waals surface area contributed by atoms with Crippen molar-refractivity contribution in [2.75, 3.05) is 26.2 Å². The molecule has 0 bridgehead atoms. The molecule has 0 aliphatic carbocycles. The summed E-state index contributed by atoms with van der Waals surface area (Å²) < 4.78 is 0. The Labute approximate surface area is 133 Å². The molecule has 0 spiro atoms. The van der Waals surface area contributed by atoms with Crippen LogP contribution in [0.15, 0.2) is 24.3 Å². The predicted octanol–water partition coefficient (Wildman–Crippen LogP) is 2.99. The Hall–Kier alpha value is -1.39. The van der Waals surface area contributed by atoms with E-state index in [9.17, 15) is 4.79 Å². The van der Waals surface area contributed by atoms with Crippen molar-refractivity contribution in [2.45, 2.75) is 39.2 Å². The summed E-state index contributed by atoms with van der Waals surface area (Å²) in [5.41, 5.74) is 1.48. The number of nitrogens with zero attached hydrogens (tertiary/aromatic N) is 1. The Morgan fingerprint density at radius 3 is 2.77 bits per heavy atom. The second kappa shape index (κ2) is 8.91. The van der Waals surface area contributed by atoms with Crippen molar-refractivity contribution in [2.24, 2.45) is 5.92 Å². The van der Waals surface area contributed by atoms with Crippen molar-refractivity contribution in [1.82, 2.24) is 10.2 Å². The summed E-state index contributed by atoms with van der Waals surface area (Å²) in [6.07, 6.45) is 5.18. The molecule has 1 fully saturated rings. The van der Waals surface area contributed by atoms with Gasteiger partial charge < -0.3 is 15.3 Å². The van der Waals surface area contributed by atoms with Gasteiger partial charge in [0.05, 0.1) is 5.56 Å². The highest BCUT2D eigenvalue weighted by Gasteiger charge is 2.15. The zero-order valence-electron chi connectivity index (χ0n) is 13.6. The van der Waals surface area contributed by atoms with Gasteiger partial charge in [-0.1, -0.05) is 19.1 Å². The number of rotatable bonds is 8. The molecule has 22 heavy (non-hydrogen) atoms. The molecule has 1 saturated heterocycles. The van der Waals surface area contributed by atoms with Crippen molar-refractivity contribution >= 4 is 5.97 Å². The lowest BCUT2D eigenvalue weighted by Crippen LogP contribution is -2.35. The summed E-state index contributed by atoms with van der Waals surface area (Å²) in [4.78, 5) is 13.4. The van der Waals surface area contributed by atoms with E-state index in [2.05, 4.69) is 17.1 Å². The van der Waals surface area contributed by atoms with E-state index < -0.39 is 5.97 Å². The minimum Gasteiger partial charge on any atom is -0.478 e. The van der Waals surface area contributed by atoms with Crippen LogP contribution >= 0.6 is 0 Å². The molecule has 1 unspecified atom stereocenters. The van der Waals surface area contributed by atoms with Crippen molar-refractivity contribution < 1.29 is 9.90 Å². The van der Waals surface area contributed by atoms with Crippen LogP contribution in [0, 0.1) is 5.92 Å². The number of piperidine rings is 1. The molecule has 1 aliphatic heterocycles. The third kappa shape index (κ3) is 5.78. The van der Waals surface area contributed by atoms with Crippen LogP contribution in [0.3, 0.4) is 0 Å². The van der Waals surface area contributed by atoms with Gasteiger partial charge in [0, 0.05) is 13.1 Å². The van der Waals surface area contributed by atoms with Gasteiger partial charge in [-0.25, -0.2) is 4.79 Å². The van der Waals surface area contributed by atoms with Crippen LogP contribution in [0.2, 0.25) is 0 Å². The molecule has 4 heteroatoms. The SMILES string of the molecule is CC1CCCN(CCCCNCc2ccc(C(=O)O)cc2)C1. The van der Waals surface area contributed by atoms with Crippen LogP contribution in [-0.2, 0) is 6.54 Å². The Balaban J connectivity index is 1.54. The van der Waals surface area contributed by atoms with E-state index in [4.69, 9.17) is 5.11 Å². The van der Waals surface area contributed by atoms with Crippen LogP contribution in [-0.4, -0.2) is 42.2 Å². The fraction of sp³-hybridized carbons (Fsp3) is 0.611. The number of benzene rings is 1. The molecule has 1 atom stereocenters. The smallest absolute Gasteiger partial charge is 0.335 e. The van der Waals surface area contributed by atoms with E-state index >= 15 is 0 Å². The van der Waals surface area contributed by atoms with Gasteiger partial charge in [0.15, 0.2) is 0 Å². The number of likely N-dealkylation sites (tertiary alicyclic amines) is 1. The Morgan fingerprint density at radius 1 is 1.32 bits per heavy atom. The normalized spacial score (nSPS) is 19.2. The van der Waals surface area contributed by atoms with E-state index in [1.807, 2.05) is 12.1 Å². The Kier molecular flexibility index (Phi) is 6.87. The first-order valence-corrected chi connectivity index (χ1v) is 8.40. The van der Waals surface area contributed by atoms with E-state index in [0.717, 1.165) is 24.6 Å². The van der Waals surface area contributed by atoms with E-state index in [-0.39, 0.29) is 0 Å². The molecular formula is C18H28N2O2. The lowest BCUT2D eigenvalue weighted by molar-refractivity contribution is 0.0697. The molecule has 4 nitrogen and oxygen atoms in total. The van der Waals surface area contributed by atoms with Crippen LogP contribution in [0.5, 0.6) is 0 Å². The summed E-state index contributed by atoms with van der Waals surface area (Å²) in [5.74, 6) is -0.00723. The second-order valence-corrected chi connectivity index (χ2v) is 6.43. The molecule has 2 rings (SSSR count). The number of carbonyl (C=O) groups is 1.